The van der Waals surface area contributed by atoms with Crippen LogP contribution in [0.2, 0.25) is 5.15 Å². The Kier molecular flexibility index (Phi) is 2.62. The van der Waals surface area contributed by atoms with Crippen molar-refractivity contribution < 1.29 is 4.73 Å². The standard InChI is InChI=1S/C15H11ClN4O/c16-12-8-19-13(18-12)9-20(21)14-11(6-7-17-15(14)19)10-4-2-1-3-5-10/h1-6,8-9,17H,7H2. The Morgan fingerprint density at radius 2 is 2.10 bits per heavy atom. The van der Waals surface area contributed by atoms with Crippen LogP contribution in [-0.2, 0) is 0 Å². The van der Waals surface area contributed by atoms with Crippen LogP contribution in [0.15, 0.2) is 48.8 Å². The molecule has 0 atom stereocenters. The van der Waals surface area contributed by atoms with Crippen LogP contribution in [0.1, 0.15) is 11.3 Å². The molecule has 1 aliphatic rings. The molecule has 0 bridgehead atoms. The fourth-order valence-electron chi connectivity index (χ4n) is 2.66. The molecule has 0 fully saturated rings. The molecule has 0 radical (unpaired) electrons. The summed E-state index contributed by atoms with van der Waals surface area (Å²) in [4.78, 5) is 4.13. The minimum Gasteiger partial charge on any atom is -0.618 e. The monoisotopic (exact) mass is 298 g/mol. The molecule has 0 saturated carbocycles. The van der Waals surface area contributed by atoms with E-state index in [1.807, 2.05) is 40.8 Å². The van der Waals surface area contributed by atoms with Gasteiger partial charge >= 0.3 is 0 Å². The number of halogens is 1. The Bertz CT molecular complexity index is 870. The van der Waals surface area contributed by atoms with Crippen molar-refractivity contribution in [1.82, 2.24) is 9.38 Å². The van der Waals surface area contributed by atoms with Gasteiger partial charge in [0.2, 0.25) is 11.8 Å². The SMILES string of the molecule is [O-][n+]1cc2nc(Cl)cn2c2c1C(c1ccccc1)=CCN2. The number of aromatic nitrogens is 3. The minimum absolute atomic E-state index is 0.362. The first-order valence-corrected chi connectivity index (χ1v) is 6.92. The van der Waals surface area contributed by atoms with E-state index < -0.39 is 0 Å². The number of hydrogen-bond donors (Lipinski definition) is 1. The first kappa shape index (κ1) is 12.2. The van der Waals surface area contributed by atoms with E-state index in [0.29, 0.717) is 28.9 Å². The number of rotatable bonds is 1. The van der Waals surface area contributed by atoms with Crippen molar-refractivity contribution in [1.29, 1.82) is 0 Å². The number of nitrogens with one attached hydrogen (secondary N) is 1. The molecule has 5 nitrogen and oxygen atoms in total. The Morgan fingerprint density at radius 1 is 1.29 bits per heavy atom. The molecule has 21 heavy (non-hydrogen) atoms. The van der Waals surface area contributed by atoms with Crippen LogP contribution in [0.5, 0.6) is 0 Å². The summed E-state index contributed by atoms with van der Waals surface area (Å²) in [7, 11) is 0. The van der Waals surface area contributed by atoms with Crippen molar-refractivity contribution >= 4 is 28.6 Å². The molecule has 4 rings (SSSR count). The van der Waals surface area contributed by atoms with Crippen LogP contribution < -0.4 is 10.0 Å². The molecular formula is C15H11ClN4O. The zero-order valence-corrected chi connectivity index (χ0v) is 11.7. The van der Waals surface area contributed by atoms with Crippen LogP contribution in [0.25, 0.3) is 11.2 Å². The maximum absolute atomic E-state index is 12.4. The van der Waals surface area contributed by atoms with Gasteiger partial charge in [-0.25, -0.2) is 4.98 Å². The van der Waals surface area contributed by atoms with Crippen molar-refractivity contribution in [2.45, 2.75) is 0 Å². The molecule has 3 heterocycles. The highest BCUT2D eigenvalue weighted by molar-refractivity contribution is 6.29. The maximum atomic E-state index is 12.4. The lowest BCUT2D eigenvalue weighted by molar-refractivity contribution is -0.606. The number of nitrogens with zero attached hydrogens (tertiary/aromatic N) is 3. The van der Waals surface area contributed by atoms with Gasteiger partial charge in [0.1, 0.15) is 5.15 Å². The van der Waals surface area contributed by atoms with Gasteiger partial charge in [-0.15, -0.1) is 0 Å². The minimum atomic E-state index is 0.362. The van der Waals surface area contributed by atoms with Gasteiger partial charge in [-0.05, 0) is 5.56 Å². The lowest BCUT2D eigenvalue weighted by atomic mass is 10.00. The summed E-state index contributed by atoms with van der Waals surface area (Å²) < 4.78 is 2.65. The largest absolute Gasteiger partial charge is 0.618 e. The fourth-order valence-corrected chi connectivity index (χ4v) is 2.84. The van der Waals surface area contributed by atoms with E-state index >= 15 is 0 Å². The molecule has 0 amide bonds. The van der Waals surface area contributed by atoms with Crippen LogP contribution in [0.4, 0.5) is 5.82 Å². The molecule has 1 aromatic carbocycles. The molecule has 0 aliphatic carbocycles. The number of imidazole rings is 1. The maximum Gasteiger partial charge on any atom is 0.265 e. The number of benzene rings is 1. The Balaban J connectivity index is 2.01. The third kappa shape index (κ3) is 1.86. The van der Waals surface area contributed by atoms with Gasteiger partial charge in [0.05, 0.1) is 11.8 Å². The lowest BCUT2D eigenvalue weighted by Crippen LogP contribution is -2.35. The number of anilines is 1. The highest BCUT2D eigenvalue weighted by Gasteiger charge is 2.26. The summed E-state index contributed by atoms with van der Waals surface area (Å²) in [6.45, 7) is 0.645. The Hall–Kier alpha value is -2.53. The predicted octanol–water partition coefficient (Wildman–Crippen LogP) is 2.48. The zero-order chi connectivity index (χ0) is 14.4. The van der Waals surface area contributed by atoms with E-state index in [4.69, 9.17) is 11.6 Å². The van der Waals surface area contributed by atoms with E-state index in [1.165, 1.54) is 6.20 Å². The molecule has 1 N–H and O–H groups in total. The van der Waals surface area contributed by atoms with Crippen LogP contribution >= 0.6 is 11.6 Å². The van der Waals surface area contributed by atoms with E-state index in [1.54, 1.807) is 6.20 Å². The Morgan fingerprint density at radius 3 is 2.90 bits per heavy atom. The lowest BCUT2D eigenvalue weighted by Gasteiger charge is -2.19. The summed E-state index contributed by atoms with van der Waals surface area (Å²) in [5, 5.41) is 16.0. The van der Waals surface area contributed by atoms with Crippen molar-refractivity contribution in [3.63, 3.8) is 0 Å². The van der Waals surface area contributed by atoms with Crippen LogP contribution in [0.3, 0.4) is 0 Å². The average molecular weight is 299 g/mol. The third-order valence-corrected chi connectivity index (χ3v) is 3.72. The average Bonchev–Trinajstić information content (AvgIpc) is 2.88. The molecule has 6 heteroatoms. The number of fused-ring (bicyclic) bond motifs is 3. The summed E-state index contributed by atoms with van der Waals surface area (Å²) in [5.41, 5.74) is 3.02. The highest BCUT2D eigenvalue weighted by Crippen LogP contribution is 2.30. The van der Waals surface area contributed by atoms with Crippen molar-refractivity contribution in [2.24, 2.45) is 0 Å². The van der Waals surface area contributed by atoms with Gasteiger partial charge in [0, 0.05) is 6.54 Å². The normalized spacial score (nSPS) is 13.7. The van der Waals surface area contributed by atoms with Crippen molar-refractivity contribution in [3.8, 4) is 0 Å². The van der Waals surface area contributed by atoms with E-state index in [0.717, 1.165) is 15.9 Å². The van der Waals surface area contributed by atoms with Gasteiger partial charge in [-0.3, -0.25) is 4.40 Å². The second-order valence-electron chi connectivity index (χ2n) is 4.81. The second-order valence-corrected chi connectivity index (χ2v) is 5.20. The van der Waals surface area contributed by atoms with Gasteiger partial charge in [0.15, 0.2) is 5.82 Å². The van der Waals surface area contributed by atoms with Gasteiger partial charge < -0.3 is 10.5 Å². The fraction of sp³-hybridized carbons (Fsp3) is 0.0667. The van der Waals surface area contributed by atoms with Gasteiger partial charge in [-0.2, -0.15) is 4.73 Å². The molecule has 104 valence electrons. The molecule has 0 unspecified atom stereocenters. The van der Waals surface area contributed by atoms with Crippen LogP contribution in [0, 0.1) is 5.21 Å². The zero-order valence-electron chi connectivity index (χ0n) is 11.0. The summed E-state index contributed by atoms with van der Waals surface area (Å²) >= 11 is 5.95. The molecule has 3 aromatic rings. The van der Waals surface area contributed by atoms with Crippen LogP contribution in [-0.4, -0.2) is 15.9 Å². The predicted molar refractivity (Wildman–Crippen MR) is 81.2 cm³/mol. The molecule has 0 saturated heterocycles. The summed E-state index contributed by atoms with van der Waals surface area (Å²) in [5.74, 6) is 0.711. The van der Waals surface area contributed by atoms with E-state index in [9.17, 15) is 5.21 Å². The number of hydrogen-bond acceptors (Lipinski definition) is 3. The van der Waals surface area contributed by atoms with Gasteiger partial charge in [0.25, 0.3) is 5.69 Å². The first-order chi connectivity index (χ1) is 10.2. The molecule has 0 spiro atoms. The van der Waals surface area contributed by atoms with Gasteiger partial charge in [-0.1, -0.05) is 48.0 Å². The smallest absolute Gasteiger partial charge is 0.265 e. The van der Waals surface area contributed by atoms with Crippen molar-refractivity contribution in [2.75, 3.05) is 11.9 Å². The quantitative estimate of drug-likeness (QED) is 0.555. The Labute approximate surface area is 125 Å². The van der Waals surface area contributed by atoms with Crippen molar-refractivity contribution in [3.05, 3.63) is 70.4 Å². The topological polar surface area (TPSA) is 56.3 Å². The third-order valence-electron chi connectivity index (χ3n) is 3.54. The molecule has 1 aliphatic heterocycles. The second kappa shape index (κ2) is 4.49. The molecule has 2 aromatic heterocycles. The summed E-state index contributed by atoms with van der Waals surface area (Å²) in [6.07, 6.45) is 5.15. The highest BCUT2D eigenvalue weighted by atomic mass is 35.5. The van der Waals surface area contributed by atoms with E-state index in [2.05, 4.69) is 10.3 Å². The summed E-state index contributed by atoms with van der Waals surface area (Å²) in [6, 6.07) is 9.85. The molecular weight excluding hydrogens is 288 g/mol. The first-order valence-electron chi connectivity index (χ1n) is 6.54. The van der Waals surface area contributed by atoms with E-state index in [-0.39, 0.29) is 0 Å².